The summed E-state index contributed by atoms with van der Waals surface area (Å²) in [5.41, 5.74) is 5.92. The number of nitrogens with zero attached hydrogens (tertiary/aromatic N) is 1. The third-order valence-electron chi connectivity index (χ3n) is 4.82. The molecule has 0 radical (unpaired) electrons. The standard InChI is InChI=1S/C22H24N2O3/c25-21(23-27)13-12-20-14-16-24(22(20)26)15-4-5-17-8-10-19(11-9-17)18-6-2-1-3-7-18/h1-3,6-11,14,27H,4-5,12-13,15-16H2,(H,23,25). The van der Waals surface area contributed by atoms with Gasteiger partial charge < -0.3 is 4.90 Å². The molecule has 2 aromatic rings. The summed E-state index contributed by atoms with van der Waals surface area (Å²) in [4.78, 5) is 25.2. The van der Waals surface area contributed by atoms with Crippen LogP contribution < -0.4 is 5.48 Å². The Hall–Kier alpha value is -2.92. The highest BCUT2D eigenvalue weighted by atomic mass is 16.5. The largest absolute Gasteiger partial charge is 0.335 e. The van der Waals surface area contributed by atoms with E-state index in [1.165, 1.54) is 16.7 Å². The fourth-order valence-corrected chi connectivity index (χ4v) is 3.27. The van der Waals surface area contributed by atoms with Crippen LogP contribution in [0.25, 0.3) is 11.1 Å². The molecule has 0 aromatic heterocycles. The lowest BCUT2D eigenvalue weighted by Crippen LogP contribution is -2.28. The summed E-state index contributed by atoms with van der Waals surface area (Å²) < 4.78 is 0. The van der Waals surface area contributed by atoms with Crippen molar-refractivity contribution >= 4 is 11.8 Å². The van der Waals surface area contributed by atoms with Crippen LogP contribution in [0, 0.1) is 0 Å². The summed E-state index contributed by atoms with van der Waals surface area (Å²) in [6, 6.07) is 18.8. The van der Waals surface area contributed by atoms with Crippen molar-refractivity contribution in [2.24, 2.45) is 0 Å². The maximum atomic E-state index is 12.3. The van der Waals surface area contributed by atoms with Gasteiger partial charge in [-0.15, -0.1) is 0 Å². The molecule has 0 saturated carbocycles. The zero-order valence-electron chi connectivity index (χ0n) is 15.2. The number of carbonyl (C=O) groups is 2. The Balaban J connectivity index is 1.44. The van der Waals surface area contributed by atoms with Gasteiger partial charge in [-0.3, -0.25) is 14.8 Å². The molecular formula is C22H24N2O3. The van der Waals surface area contributed by atoms with Crippen molar-refractivity contribution in [1.82, 2.24) is 10.4 Å². The molecule has 0 unspecified atom stereocenters. The van der Waals surface area contributed by atoms with Gasteiger partial charge >= 0.3 is 0 Å². The van der Waals surface area contributed by atoms with Crippen molar-refractivity contribution in [3.63, 3.8) is 0 Å². The van der Waals surface area contributed by atoms with E-state index in [9.17, 15) is 9.59 Å². The number of aryl methyl sites for hydroxylation is 1. The molecule has 0 fully saturated rings. The molecule has 5 nitrogen and oxygen atoms in total. The van der Waals surface area contributed by atoms with Crippen molar-refractivity contribution < 1.29 is 14.8 Å². The van der Waals surface area contributed by atoms with Gasteiger partial charge in [0.2, 0.25) is 11.8 Å². The lowest BCUT2D eigenvalue weighted by atomic mass is 10.0. The molecule has 140 valence electrons. The minimum atomic E-state index is -0.471. The molecule has 5 heteroatoms. The second-order valence-corrected chi connectivity index (χ2v) is 6.68. The Kier molecular flexibility index (Phi) is 6.39. The second-order valence-electron chi connectivity index (χ2n) is 6.68. The van der Waals surface area contributed by atoms with Gasteiger partial charge in [0.25, 0.3) is 0 Å². The Labute approximate surface area is 159 Å². The first-order valence-corrected chi connectivity index (χ1v) is 9.23. The van der Waals surface area contributed by atoms with Gasteiger partial charge in [0, 0.05) is 25.1 Å². The minimum absolute atomic E-state index is 0.000153. The van der Waals surface area contributed by atoms with Crippen LogP contribution in [0.4, 0.5) is 0 Å². The number of nitrogens with one attached hydrogen (secondary N) is 1. The van der Waals surface area contributed by atoms with E-state index in [2.05, 4.69) is 36.4 Å². The molecule has 2 amide bonds. The number of benzene rings is 2. The van der Waals surface area contributed by atoms with Crippen LogP contribution in [0.15, 0.2) is 66.2 Å². The average Bonchev–Trinajstić information content (AvgIpc) is 3.07. The Morgan fingerprint density at radius 2 is 1.70 bits per heavy atom. The molecule has 2 aromatic carbocycles. The van der Waals surface area contributed by atoms with E-state index in [0.29, 0.717) is 25.1 Å². The van der Waals surface area contributed by atoms with Crippen LogP contribution in [0.2, 0.25) is 0 Å². The van der Waals surface area contributed by atoms with Crippen molar-refractivity contribution in [3.8, 4) is 11.1 Å². The zero-order valence-corrected chi connectivity index (χ0v) is 15.2. The normalized spacial score (nSPS) is 13.6. The van der Waals surface area contributed by atoms with Crippen LogP contribution in [0.1, 0.15) is 24.8 Å². The van der Waals surface area contributed by atoms with E-state index < -0.39 is 5.91 Å². The maximum absolute atomic E-state index is 12.3. The Bertz CT molecular complexity index is 813. The molecule has 0 spiro atoms. The third kappa shape index (κ3) is 5.05. The van der Waals surface area contributed by atoms with E-state index in [1.807, 2.05) is 29.2 Å². The van der Waals surface area contributed by atoms with Gasteiger partial charge in [-0.05, 0) is 36.0 Å². The average molecular weight is 364 g/mol. The molecule has 3 rings (SSSR count). The van der Waals surface area contributed by atoms with Gasteiger partial charge in [-0.1, -0.05) is 60.7 Å². The van der Waals surface area contributed by atoms with Crippen molar-refractivity contribution in [1.29, 1.82) is 0 Å². The topological polar surface area (TPSA) is 69.6 Å². The SMILES string of the molecule is O=C(CCC1=CCN(CCCc2ccc(-c3ccccc3)cc2)C1=O)NO. The summed E-state index contributed by atoms with van der Waals surface area (Å²) in [5, 5.41) is 8.52. The smallest absolute Gasteiger partial charge is 0.249 e. The van der Waals surface area contributed by atoms with Crippen LogP contribution >= 0.6 is 0 Å². The number of hydroxylamine groups is 1. The molecule has 0 bridgehead atoms. The first kappa shape index (κ1) is 18.9. The van der Waals surface area contributed by atoms with Crippen molar-refractivity contribution in [2.75, 3.05) is 13.1 Å². The summed E-state index contributed by atoms with van der Waals surface area (Å²) in [6.07, 6.45) is 4.18. The monoisotopic (exact) mass is 364 g/mol. The quantitative estimate of drug-likeness (QED) is 0.557. The molecule has 0 atom stereocenters. The summed E-state index contributed by atoms with van der Waals surface area (Å²) in [5.74, 6) is -0.471. The maximum Gasteiger partial charge on any atom is 0.249 e. The molecule has 1 aliphatic rings. The van der Waals surface area contributed by atoms with E-state index in [4.69, 9.17) is 5.21 Å². The minimum Gasteiger partial charge on any atom is -0.335 e. The number of amides is 2. The molecule has 0 saturated heterocycles. The molecule has 1 aliphatic heterocycles. The number of hydrogen-bond donors (Lipinski definition) is 2. The lowest BCUT2D eigenvalue weighted by molar-refractivity contribution is -0.129. The summed E-state index contributed by atoms with van der Waals surface area (Å²) in [6.45, 7) is 1.30. The van der Waals surface area contributed by atoms with E-state index >= 15 is 0 Å². The summed E-state index contributed by atoms with van der Waals surface area (Å²) in [7, 11) is 0. The van der Waals surface area contributed by atoms with Gasteiger partial charge in [-0.2, -0.15) is 0 Å². The zero-order chi connectivity index (χ0) is 19.1. The molecule has 2 N–H and O–H groups in total. The van der Waals surface area contributed by atoms with Gasteiger partial charge in [0.05, 0.1) is 0 Å². The molecule has 27 heavy (non-hydrogen) atoms. The van der Waals surface area contributed by atoms with E-state index in [0.717, 1.165) is 12.8 Å². The van der Waals surface area contributed by atoms with Crippen molar-refractivity contribution in [2.45, 2.75) is 25.7 Å². The highest BCUT2D eigenvalue weighted by molar-refractivity contribution is 5.96. The molecular weight excluding hydrogens is 340 g/mol. The first-order chi connectivity index (χ1) is 13.2. The van der Waals surface area contributed by atoms with Gasteiger partial charge in [0.1, 0.15) is 0 Å². The third-order valence-corrected chi connectivity index (χ3v) is 4.82. The highest BCUT2D eigenvalue weighted by Crippen LogP contribution is 2.20. The predicted octanol–water partition coefficient (Wildman–Crippen LogP) is 3.34. The van der Waals surface area contributed by atoms with Crippen LogP contribution in [-0.4, -0.2) is 35.0 Å². The highest BCUT2D eigenvalue weighted by Gasteiger charge is 2.23. The number of carbonyl (C=O) groups excluding carboxylic acids is 2. The summed E-state index contributed by atoms with van der Waals surface area (Å²) >= 11 is 0. The van der Waals surface area contributed by atoms with Gasteiger partial charge in [0.15, 0.2) is 0 Å². The number of hydrogen-bond acceptors (Lipinski definition) is 3. The first-order valence-electron chi connectivity index (χ1n) is 9.23. The molecule has 1 heterocycles. The second kappa shape index (κ2) is 9.14. The Morgan fingerprint density at radius 1 is 1.00 bits per heavy atom. The number of rotatable bonds is 8. The van der Waals surface area contributed by atoms with Crippen LogP contribution in [0.5, 0.6) is 0 Å². The van der Waals surface area contributed by atoms with Crippen LogP contribution in [0.3, 0.4) is 0 Å². The van der Waals surface area contributed by atoms with E-state index in [-0.39, 0.29) is 12.3 Å². The fourth-order valence-electron chi connectivity index (χ4n) is 3.27. The van der Waals surface area contributed by atoms with Gasteiger partial charge in [-0.25, -0.2) is 5.48 Å². The van der Waals surface area contributed by atoms with Crippen molar-refractivity contribution in [3.05, 3.63) is 71.8 Å². The predicted molar refractivity (Wildman–Crippen MR) is 104 cm³/mol. The molecule has 0 aliphatic carbocycles. The van der Waals surface area contributed by atoms with E-state index in [1.54, 1.807) is 5.48 Å². The lowest BCUT2D eigenvalue weighted by Gasteiger charge is -2.16. The fraction of sp³-hybridized carbons (Fsp3) is 0.273. The Morgan fingerprint density at radius 3 is 2.41 bits per heavy atom. The van der Waals surface area contributed by atoms with Crippen LogP contribution in [-0.2, 0) is 16.0 Å².